The normalized spacial score (nSPS) is 22.3. The van der Waals surface area contributed by atoms with Gasteiger partial charge in [0.05, 0.1) is 12.0 Å². The van der Waals surface area contributed by atoms with Crippen molar-refractivity contribution in [3.8, 4) is 5.75 Å². The number of carbonyl (C=O) groups excluding carboxylic acids is 2. The van der Waals surface area contributed by atoms with E-state index in [-0.39, 0.29) is 28.7 Å². The summed E-state index contributed by atoms with van der Waals surface area (Å²) in [7, 11) is -2.63. The number of benzene rings is 1. The molecule has 1 saturated heterocycles. The number of amides is 1. The third-order valence-corrected chi connectivity index (χ3v) is 6.60. The van der Waals surface area contributed by atoms with Crippen molar-refractivity contribution in [3.05, 3.63) is 23.8 Å². The number of carbonyl (C=O) groups is 2. The summed E-state index contributed by atoms with van der Waals surface area (Å²) in [5, 5.41) is 5.11. The molecule has 1 saturated carbocycles. The molecule has 2 aliphatic rings. The molecule has 0 bridgehead atoms. The Hall–Kier alpha value is -2.13. The molecule has 3 rings (SSSR count). The van der Waals surface area contributed by atoms with Crippen LogP contribution in [-0.4, -0.2) is 52.0 Å². The zero-order chi connectivity index (χ0) is 20.3. The molecule has 2 N–H and O–H groups in total. The van der Waals surface area contributed by atoms with Gasteiger partial charge in [0, 0.05) is 13.1 Å². The Balaban J connectivity index is 1.63. The molecular weight excluding hydrogens is 384 g/mol. The number of ether oxygens (including phenoxy) is 2. The SMILES string of the molecule is COc1ccc(S(N)(=O)=O)cc1C(=O)OCC(=O)N1CC[C@H]2CCCC[C@@H]2C1. The molecule has 1 aromatic carbocycles. The number of esters is 1. The predicted octanol–water partition coefficient (Wildman–Crippen LogP) is 1.54. The van der Waals surface area contributed by atoms with E-state index in [9.17, 15) is 18.0 Å². The number of methoxy groups -OCH3 is 1. The van der Waals surface area contributed by atoms with Crippen molar-refractivity contribution >= 4 is 21.9 Å². The number of sulfonamides is 1. The average Bonchev–Trinajstić information content (AvgIpc) is 2.70. The van der Waals surface area contributed by atoms with E-state index in [1.54, 1.807) is 4.90 Å². The molecule has 2 fully saturated rings. The molecule has 1 aliphatic carbocycles. The molecule has 0 unspecified atom stereocenters. The van der Waals surface area contributed by atoms with E-state index in [2.05, 4.69) is 0 Å². The van der Waals surface area contributed by atoms with E-state index >= 15 is 0 Å². The highest BCUT2D eigenvalue weighted by atomic mass is 32.2. The summed E-state index contributed by atoms with van der Waals surface area (Å²) < 4.78 is 33.3. The maximum Gasteiger partial charge on any atom is 0.342 e. The van der Waals surface area contributed by atoms with Gasteiger partial charge in [0.1, 0.15) is 11.3 Å². The van der Waals surface area contributed by atoms with Crippen molar-refractivity contribution in [3.63, 3.8) is 0 Å². The highest BCUT2D eigenvalue weighted by Gasteiger charge is 2.33. The van der Waals surface area contributed by atoms with Gasteiger partial charge in [-0.05, 0) is 42.9 Å². The largest absolute Gasteiger partial charge is 0.496 e. The number of nitrogens with zero attached hydrogens (tertiary/aromatic N) is 1. The zero-order valence-electron chi connectivity index (χ0n) is 15.9. The van der Waals surface area contributed by atoms with E-state index in [1.165, 1.54) is 38.5 Å². The van der Waals surface area contributed by atoms with Crippen molar-refractivity contribution in [2.24, 2.45) is 17.0 Å². The van der Waals surface area contributed by atoms with Crippen LogP contribution in [0.4, 0.5) is 0 Å². The van der Waals surface area contributed by atoms with Crippen LogP contribution in [0, 0.1) is 11.8 Å². The first-order valence-electron chi connectivity index (χ1n) is 9.45. The van der Waals surface area contributed by atoms with E-state index < -0.39 is 16.0 Å². The average molecular weight is 410 g/mol. The lowest BCUT2D eigenvalue weighted by Crippen LogP contribution is -2.46. The standard InChI is InChI=1S/C19H26N2O6S/c1-26-17-7-6-15(28(20,24)25)10-16(17)19(23)27-12-18(22)21-9-8-13-4-2-3-5-14(13)11-21/h6-7,10,13-14H,2-5,8-9,11-12H2,1H3,(H2,20,24,25)/t13-,14-/m1/s1. The Morgan fingerprint density at radius 3 is 2.57 bits per heavy atom. The minimum Gasteiger partial charge on any atom is -0.496 e. The van der Waals surface area contributed by atoms with Gasteiger partial charge in [-0.1, -0.05) is 19.3 Å². The van der Waals surface area contributed by atoms with E-state index in [1.807, 2.05) is 0 Å². The Morgan fingerprint density at radius 2 is 1.89 bits per heavy atom. The zero-order valence-corrected chi connectivity index (χ0v) is 16.7. The van der Waals surface area contributed by atoms with E-state index in [0.29, 0.717) is 24.9 Å². The van der Waals surface area contributed by atoms with Crippen LogP contribution in [0.5, 0.6) is 5.75 Å². The lowest BCUT2D eigenvalue weighted by molar-refractivity contribution is -0.137. The number of primary sulfonamides is 1. The number of nitrogens with two attached hydrogens (primary N) is 1. The molecule has 1 aromatic rings. The molecule has 9 heteroatoms. The molecule has 0 radical (unpaired) electrons. The lowest BCUT2D eigenvalue weighted by Gasteiger charge is -2.41. The molecule has 0 spiro atoms. The van der Waals surface area contributed by atoms with Gasteiger partial charge in [0.2, 0.25) is 10.0 Å². The Kier molecular flexibility index (Phi) is 6.24. The van der Waals surface area contributed by atoms with Crippen LogP contribution in [-0.2, 0) is 19.6 Å². The van der Waals surface area contributed by atoms with Gasteiger partial charge in [-0.3, -0.25) is 4.79 Å². The summed E-state index contributed by atoms with van der Waals surface area (Å²) in [6, 6.07) is 3.66. The summed E-state index contributed by atoms with van der Waals surface area (Å²) in [6.45, 7) is 1.01. The molecule has 0 aromatic heterocycles. The summed E-state index contributed by atoms with van der Waals surface area (Å²) in [6.07, 6.45) is 5.85. The molecule has 1 heterocycles. The first-order chi connectivity index (χ1) is 13.3. The predicted molar refractivity (Wildman–Crippen MR) is 101 cm³/mol. The van der Waals surface area contributed by atoms with Crippen molar-refractivity contribution in [1.82, 2.24) is 4.90 Å². The molecule has 1 amide bonds. The second kappa shape index (κ2) is 8.48. The van der Waals surface area contributed by atoms with Crippen molar-refractivity contribution in [2.45, 2.75) is 37.0 Å². The first-order valence-corrected chi connectivity index (χ1v) is 11.0. The van der Waals surface area contributed by atoms with Gasteiger partial charge < -0.3 is 14.4 Å². The maximum atomic E-state index is 12.5. The van der Waals surface area contributed by atoms with Gasteiger partial charge in [0.25, 0.3) is 5.91 Å². The van der Waals surface area contributed by atoms with Crippen LogP contribution >= 0.6 is 0 Å². The number of hydrogen-bond donors (Lipinski definition) is 1. The monoisotopic (exact) mass is 410 g/mol. The summed E-state index contributed by atoms with van der Waals surface area (Å²) in [5.41, 5.74) is -0.0900. The number of likely N-dealkylation sites (tertiary alicyclic amines) is 1. The summed E-state index contributed by atoms with van der Waals surface area (Å²) in [5.74, 6) is 0.314. The maximum absolute atomic E-state index is 12.5. The van der Waals surface area contributed by atoms with Crippen LogP contribution in [0.15, 0.2) is 23.1 Å². The fourth-order valence-electron chi connectivity index (χ4n) is 4.15. The van der Waals surface area contributed by atoms with Gasteiger partial charge >= 0.3 is 5.97 Å². The topological polar surface area (TPSA) is 116 Å². The number of hydrogen-bond acceptors (Lipinski definition) is 6. The Morgan fingerprint density at radius 1 is 1.18 bits per heavy atom. The van der Waals surface area contributed by atoms with Crippen LogP contribution < -0.4 is 9.88 Å². The molecule has 28 heavy (non-hydrogen) atoms. The van der Waals surface area contributed by atoms with Crippen LogP contribution in [0.2, 0.25) is 0 Å². The number of piperidine rings is 1. The fourth-order valence-corrected chi connectivity index (χ4v) is 4.69. The van der Waals surface area contributed by atoms with E-state index in [0.717, 1.165) is 18.9 Å². The molecule has 8 nitrogen and oxygen atoms in total. The number of rotatable bonds is 5. The van der Waals surface area contributed by atoms with Crippen molar-refractivity contribution in [1.29, 1.82) is 0 Å². The summed E-state index contributed by atoms with van der Waals surface area (Å²) in [4.78, 5) is 26.4. The Labute approximate surface area is 165 Å². The van der Waals surface area contributed by atoms with Gasteiger partial charge in [0.15, 0.2) is 6.61 Å². The highest BCUT2D eigenvalue weighted by Crippen LogP contribution is 2.36. The molecule has 1 aliphatic heterocycles. The van der Waals surface area contributed by atoms with E-state index in [4.69, 9.17) is 14.6 Å². The highest BCUT2D eigenvalue weighted by molar-refractivity contribution is 7.89. The van der Waals surface area contributed by atoms with Gasteiger partial charge in [-0.25, -0.2) is 18.4 Å². The summed E-state index contributed by atoms with van der Waals surface area (Å²) >= 11 is 0. The smallest absolute Gasteiger partial charge is 0.342 e. The quantitative estimate of drug-likeness (QED) is 0.736. The third-order valence-electron chi connectivity index (χ3n) is 5.69. The first kappa shape index (κ1) is 20.6. The number of fused-ring (bicyclic) bond motifs is 1. The minimum atomic E-state index is -3.98. The Bertz CT molecular complexity index is 854. The third kappa shape index (κ3) is 4.64. The van der Waals surface area contributed by atoms with Gasteiger partial charge in [-0.15, -0.1) is 0 Å². The molecule has 154 valence electrons. The lowest BCUT2D eigenvalue weighted by atomic mass is 9.75. The second-order valence-electron chi connectivity index (χ2n) is 7.42. The minimum absolute atomic E-state index is 0.0900. The van der Waals surface area contributed by atoms with Crippen LogP contribution in [0.3, 0.4) is 0 Å². The van der Waals surface area contributed by atoms with Crippen molar-refractivity contribution in [2.75, 3.05) is 26.8 Å². The molecular formula is C19H26N2O6S. The van der Waals surface area contributed by atoms with Crippen LogP contribution in [0.1, 0.15) is 42.5 Å². The second-order valence-corrected chi connectivity index (χ2v) is 8.98. The molecule has 2 atom stereocenters. The van der Waals surface area contributed by atoms with Crippen LogP contribution in [0.25, 0.3) is 0 Å². The van der Waals surface area contributed by atoms with Gasteiger partial charge in [-0.2, -0.15) is 0 Å². The fraction of sp³-hybridized carbons (Fsp3) is 0.579. The van der Waals surface area contributed by atoms with Crippen molar-refractivity contribution < 1.29 is 27.5 Å².